The third-order valence-corrected chi connectivity index (χ3v) is 22.8. The molecule has 0 atom stereocenters. The third kappa shape index (κ3) is 7.75. The zero-order valence-corrected chi connectivity index (χ0v) is 57.0. The summed E-state index contributed by atoms with van der Waals surface area (Å²) in [5.74, 6) is 0. The van der Waals surface area contributed by atoms with Crippen LogP contribution in [-0.4, -0.2) is 20.4 Å². The summed E-state index contributed by atoms with van der Waals surface area (Å²) in [6.45, 7) is 4.40. The van der Waals surface area contributed by atoms with Crippen LogP contribution in [0.4, 0.5) is 0 Å². The molecule has 0 fully saturated rings. The van der Waals surface area contributed by atoms with Crippen LogP contribution in [0.3, 0.4) is 0 Å². The van der Waals surface area contributed by atoms with E-state index in [1.54, 1.807) is 0 Å². The average molecular weight is 1350 g/mol. The number of nitrogens with zero attached hydrogens (tertiary/aromatic N) is 3. The van der Waals surface area contributed by atoms with E-state index in [0.717, 1.165) is 38.4 Å². The average Bonchev–Trinajstić information content (AvgIpc) is 1.40. The maximum atomic E-state index is 12.5. The molecule has 0 saturated carbocycles. The van der Waals surface area contributed by atoms with E-state index in [1.807, 2.05) is 232 Å². The molecule has 4 heteroatoms. The van der Waals surface area contributed by atoms with Gasteiger partial charge in [0.2, 0.25) is 0 Å². The molecule has 1 spiro atoms. The fourth-order valence-corrected chi connectivity index (χ4v) is 18.7. The molecule has 4 aliphatic rings. The Morgan fingerprint density at radius 1 is 0.295 bits per heavy atom. The highest BCUT2D eigenvalue weighted by Gasteiger charge is 2.54. The second-order valence-electron chi connectivity index (χ2n) is 29.0. The fourth-order valence-electron chi connectivity index (χ4n) is 18.7. The Morgan fingerprint density at radius 2 is 0.714 bits per heavy atom. The van der Waals surface area contributed by atoms with Gasteiger partial charge in [-0.1, -0.05) is 336 Å². The lowest BCUT2D eigenvalue weighted by Gasteiger charge is -2.39. The summed E-state index contributed by atoms with van der Waals surface area (Å²) in [7, 11) is 0. The summed E-state index contributed by atoms with van der Waals surface area (Å²) in [6.07, 6.45) is 0. The number of aromatic nitrogens is 3. The normalized spacial score (nSPS) is 15.6. The van der Waals surface area contributed by atoms with Crippen molar-refractivity contribution in [3.05, 3.63) is 373 Å². The van der Waals surface area contributed by atoms with Crippen LogP contribution in [0.5, 0.6) is 0 Å². The first-order valence-electron chi connectivity index (χ1n) is 44.2. The Morgan fingerprint density at radius 3 is 1.25 bits per heavy atom. The van der Waals surface area contributed by atoms with Crippen LogP contribution in [0.15, 0.2) is 345 Å². The van der Waals surface area contributed by atoms with Crippen LogP contribution < -0.4 is 16.4 Å². The summed E-state index contributed by atoms with van der Waals surface area (Å²) in [6, 6.07) is 71.4. The molecular formula is C101H66BN3. The van der Waals surface area contributed by atoms with Gasteiger partial charge in [-0.05, 0) is 156 Å². The van der Waals surface area contributed by atoms with Crippen LogP contribution >= 0.6 is 0 Å². The molecule has 2 aliphatic heterocycles. The highest BCUT2D eigenvalue weighted by molar-refractivity contribution is 7.00. The molecule has 2 aliphatic carbocycles. The maximum Gasteiger partial charge on any atom is 0.252 e. The number of para-hydroxylation sites is 4. The van der Waals surface area contributed by atoms with E-state index in [-0.39, 0.29) is 113 Å². The molecule has 19 aromatic rings. The molecule has 488 valence electrons. The Bertz CT molecular complexity index is 8230. The lowest BCUT2D eigenvalue weighted by molar-refractivity contribution is 0.589. The maximum absolute atomic E-state index is 12.5. The zero-order chi connectivity index (χ0) is 83.9. The van der Waals surface area contributed by atoms with Crippen LogP contribution in [0, 0.1) is 0 Å². The van der Waals surface area contributed by atoms with E-state index in [9.17, 15) is 23.3 Å². The van der Waals surface area contributed by atoms with Gasteiger partial charge in [-0.3, -0.25) is 0 Å². The van der Waals surface area contributed by atoms with Gasteiger partial charge in [-0.25, -0.2) is 0 Å². The molecule has 0 radical (unpaired) electrons. The number of fused-ring (bicyclic) bond motifs is 32. The zero-order valence-electron chi connectivity index (χ0n) is 74.0. The summed E-state index contributed by atoms with van der Waals surface area (Å²) in [5, 5.41) is 6.77. The molecular weight excluding hydrogens is 1270 g/mol. The minimum absolute atomic E-state index is 0.0679. The second kappa shape index (κ2) is 21.5. The van der Waals surface area contributed by atoms with Gasteiger partial charge in [-0.2, -0.15) is 0 Å². The molecule has 0 unspecified atom stereocenters. The molecule has 3 nitrogen and oxygen atoms in total. The minimum Gasteiger partial charge on any atom is -0.310 e. The van der Waals surface area contributed by atoms with E-state index >= 15 is 0 Å². The smallest absolute Gasteiger partial charge is 0.252 e. The van der Waals surface area contributed by atoms with Crippen LogP contribution in [0.25, 0.3) is 170 Å². The van der Waals surface area contributed by atoms with E-state index in [0.29, 0.717) is 87.5 Å². The van der Waals surface area contributed by atoms with Crippen LogP contribution in [-0.2, 0) is 10.8 Å². The van der Waals surface area contributed by atoms with Gasteiger partial charge >= 0.3 is 0 Å². The minimum atomic E-state index is -1.68. The summed E-state index contributed by atoms with van der Waals surface area (Å²) < 4.78 is 186. The predicted octanol–water partition coefficient (Wildman–Crippen LogP) is 24.0. The third-order valence-electron chi connectivity index (χ3n) is 22.8. The van der Waals surface area contributed by atoms with Gasteiger partial charge in [0, 0.05) is 60.3 Å². The Labute approximate surface area is 632 Å². The van der Waals surface area contributed by atoms with Crippen molar-refractivity contribution >= 4 is 132 Å². The standard InChI is InChI=1S/C101H66BN3/c1-100(2,3)63-58-90-95-91(59-63)105-97-65(62-32-8-5-9-33-62)48-29-50-80(97)71-39-13-11-35-67(71)69-37-15-17-46-78(69)93-94-81(74-42-20-25-53-84(74)101(94)82-51-23-18-40-72(82)73-41-19-24-52-83(73)101)60-86(99(93)105)102(95)85-56-57-89(103-87-54-26-21-43-75(87)76-44-22-27-55-88(76)103)92-77-45-16-14-36-68(77)66-34-10-12-38-70(66)79-49-28-47-64(61-30-6-4-7-31-61)96(79)104(90)98(85)92/h4-60H,1-3H3/i20D,21D,22D,25D,26D,27D,42D,43D,44D,53D,54D,55D,56D,57D,58D,59D,60D. The quantitative estimate of drug-likeness (QED) is 0.157. The van der Waals surface area contributed by atoms with Gasteiger partial charge in [0.1, 0.15) is 0 Å². The monoisotopic (exact) mass is 1350 g/mol. The molecule has 105 heavy (non-hydrogen) atoms. The number of hydrogen-bond acceptors (Lipinski definition) is 0. The van der Waals surface area contributed by atoms with Crippen LogP contribution in [0.2, 0.25) is 0 Å². The van der Waals surface area contributed by atoms with Gasteiger partial charge in [0.05, 0.1) is 62.0 Å². The number of benzene rings is 16. The van der Waals surface area contributed by atoms with Crippen molar-refractivity contribution in [2.24, 2.45) is 0 Å². The molecule has 5 heterocycles. The summed E-state index contributed by atoms with van der Waals surface area (Å²) >= 11 is 0. The second-order valence-corrected chi connectivity index (χ2v) is 29.0. The molecule has 16 aromatic carbocycles. The summed E-state index contributed by atoms with van der Waals surface area (Å²) in [4.78, 5) is 0. The van der Waals surface area contributed by atoms with Crippen molar-refractivity contribution in [3.63, 3.8) is 0 Å². The molecule has 23 rings (SSSR count). The first kappa shape index (κ1) is 44.4. The lowest BCUT2D eigenvalue weighted by Crippen LogP contribution is -2.60. The Balaban J connectivity index is 1.12. The van der Waals surface area contributed by atoms with E-state index in [1.165, 1.54) is 4.57 Å². The van der Waals surface area contributed by atoms with Crippen molar-refractivity contribution in [2.75, 3.05) is 0 Å². The van der Waals surface area contributed by atoms with Crippen LogP contribution in [0.1, 0.15) is 71.9 Å². The van der Waals surface area contributed by atoms with Gasteiger partial charge in [-0.15, -0.1) is 0 Å². The highest BCUT2D eigenvalue weighted by Crippen LogP contribution is 2.65. The predicted molar refractivity (Wildman–Crippen MR) is 445 cm³/mol. The molecule has 0 saturated heterocycles. The van der Waals surface area contributed by atoms with Gasteiger partial charge in [0.15, 0.2) is 0 Å². The first-order chi connectivity index (χ1) is 58.9. The first-order valence-corrected chi connectivity index (χ1v) is 35.7. The molecule has 3 aromatic heterocycles. The van der Waals surface area contributed by atoms with Crippen molar-refractivity contribution in [2.45, 2.75) is 31.6 Å². The van der Waals surface area contributed by atoms with Crippen molar-refractivity contribution in [1.29, 1.82) is 0 Å². The topological polar surface area (TPSA) is 14.8 Å². The van der Waals surface area contributed by atoms with Crippen molar-refractivity contribution in [3.8, 4) is 61.6 Å². The van der Waals surface area contributed by atoms with E-state index < -0.39 is 96.1 Å². The fraction of sp³-hybridized carbons (Fsp3) is 0.0495. The lowest BCUT2D eigenvalue weighted by atomic mass is 9.33. The van der Waals surface area contributed by atoms with Gasteiger partial charge < -0.3 is 13.7 Å². The highest BCUT2D eigenvalue weighted by atomic mass is 15.0. The van der Waals surface area contributed by atoms with E-state index in [4.69, 9.17) is 0 Å². The van der Waals surface area contributed by atoms with Crippen molar-refractivity contribution < 1.29 is 23.3 Å². The molecule has 0 N–H and O–H groups in total. The largest absolute Gasteiger partial charge is 0.310 e. The SMILES string of the molecule is [2H]c1c([2H])c([2H])c2c(c1[2H])-c1c([2H])c3c4c(c1C21c2ccccc2-c2ccccc21)c1ccccc1c1ccccc1c1cccc(-c2ccccc2)c1n4-c1c([2H])c(C(C)(C)C)c([2H])c2c1B3c1c([2H])c([2H])c(-n3c4c([2H])c([2H])c([2H])c([2H])c4c4c([2H])c([2H])c([2H])c([2H])c43)c3c4ccccc4c4ccccc4c4cccc(-c5ccccc5)c4n-2c13. The molecule has 0 amide bonds. The number of rotatable bonds is 3. The molecule has 0 bridgehead atoms. The van der Waals surface area contributed by atoms with Crippen molar-refractivity contribution in [1.82, 2.24) is 13.7 Å². The summed E-state index contributed by atoms with van der Waals surface area (Å²) in [5.41, 5.74) is 5.98. The van der Waals surface area contributed by atoms with E-state index in [2.05, 4.69) is 41.0 Å². The van der Waals surface area contributed by atoms with Gasteiger partial charge in [0.25, 0.3) is 6.71 Å². The number of hydrogen-bond donors (Lipinski definition) is 0. The Kier molecular flexibility index (Phi) is 9.10. The Hall–Kier alpha value is -13.0.